The van der Waals surface area contributed by atoms with Gasteiger partial charge in [0.15, 0.2) is 6.10 Å². The van der Waals surface area contributed by atoms with Gasteiger partial charge in [-0.3, -0.25) is 4.79 Å². The number of ether oxygens (including phenoxy) is 1. The van der Waals surface area contributed by atoms with Crippen LogP contribution in [-0.4, -0.2) is 49.1 Å². The van der Waals surface area contributed by atoms with Gasteiger partial charge in [0.1, 0.15) is 11.9 Å². The highest BCUT2D eigenvalue weighted by atomic mass is 16.5. The van der Waals surface area contributed by atoms with Crippen molar-refractivity contribution in [3.63, 3.8) is 0 Å². The summed E-state index contributed by atoms with van der Waals surface area (Å²) in [7, 11) is 1.56. The van der Waals surface area contributed by atoms with Gasteiger partial charge in [0.2, 0.25) is 0 Å². The minimum atomic E-state index is -0.590. The van der Waals surface area contributed by atoms with Crippen LogP contribution in [0, 0.1) is 11.3 Å². The molecule has 1 aromatic carbocycles. The van der Waals surface area contributed by atoms with E-state index in [0.29, 0.717) is 31.0 Å². The van der Waals surface area contributed by atoms with Crippen molar-refractivity contribution < 1.29 is 9.53 Å². The van der Waals surface area contributed by atoms with Crippen LogP contribution < -0.4 is 4.90 Å². The summed E-state index contributed by atoms with van der Waals surface area (Å²) < 4.78 is 5.48. The Morgan fingerprint density at radius 1 is 1.15 bits per heavy atom. The van der Waals surface area contributed by atoms with E-state index in [-0.39, 0.29) is 5.91 Å². The minimum Gasteiger partial charge on any atom is -0.367 e. The maximum Gasteiger partial charge on any atom is 0.256 e. The normalized spacial score (nSPS) is 15.8. The van der Waals surface area contributed by atoms with E-state index in [0.717, 1.165) is 18.5 Å². The van der Waals surface area contributed by atoms with Gasteiger partial charge in [-0.05, 0) is 24.1 Å². The molecule has 6 heteroatoms. The number of methoxy groups -OCH3 is 1. The number of pyridine rings is 1. The highest BCUT2D eigenvalue weighted by molar-refractivity contribution is 5.82. The Bertz CT molecular complexity index is 788. The van der Waals surface area contributed by atoms with Crippen LogP contribution in [0.4, 0.5) is 5.82 Å². The van der Waals surface area contributed by atoms with Crippen LogP contribution >= 0.6 is 0 Å². The second-order valence-electron chi connectivity index (χ2n) is 6.18. The predicted molar refractivity (Wildman–Crippen MR) is 98.6 cm³/mol. The molecule has 1 aliphatic heterocycles. The van der Waals surface area contributed by atoms with Crippen molar-refractivity contribution in [1.29, 1.82) is 5.26 Å². The maximum absolute atomic E-state index is 13.0. The Morgan fingerprint density at radius 2 is 1.96 bits per heavy atom. The van der Waals surface area contributed by atoms with E-state index in [2.05, 4.69) is 16.0 Å². The van der Waals surface area contributed by atoms with Crippen LogP contribution in [0.1, 0.15) is 23.7 Å². The summed E-state index contributed by atoms with van der Waals surface area (Å²) in [6, 6.07) is 15.3. The van der Waals surface area contributed by atoms with Gasteiger partial charge in [-0.15, -0.1) is 0 Å². The van der Waals surface area contributed by atoms with Gasteiger partial charge in [0.05, 0.1) is 5.56 Å². The molecule has 6 nitrogen and oxygen atoms in total. The number of aromatic nitrogens is 1. The van der Waals surface area contributed by atoms with Crippen molar-refractivity contribution in [3.8, 4) is 6.07 Å². The number of amides is 1. The Kier molecular flexibility index (Phi) is 5.82. The van der Waals surface area contributed by atoms with Crippen molar-refractivity contribution in [3.05, 3.63) is 59.8 Å². The maximum atomic E-state index is 13.0. The SMILES string of the molecule is CO[C@@H](C(=O)N1CCCN(c2ncccc2C#N)CC1)c1ccccc1. The first-order chi connectivity index (χ1) is 12.7. The molecule has 3 rings (SSSR count). The van der Waals surface area contributed by atoms with E-state index in [1.807, 2.05) is 35.2 Å². The highest BCUT2D eigenvalue weighted by Crippen LogP contribution is 2.22. The van der Waals surface area contributed by atoms with E-state index in [9.17, 15) is 10.1 Å². The zero-order chi connectivity index (χ0) is 18.4. The third-order valence-corrected chi connectivity index (χ3v) is 4.58. The lowest BCUT2D eigenvalue weighted by Gasteiger charge is -2.26. The Morgan fingerprint density at radius 3 is 2.69 bits per heavy atom. The van der Waals surface area contributed by atoms with Gasteiger partial charge in [0, 0.05) is 39.5 Å². The average Bonchev–Trinajstić information content (AvgIpc) is 2.95. The van der Waals surface area contributed by atoms with Crippen molar-refractivity contribution in [2.24, 2.45) is 0 Å². The monoisotopic (exact) mass is 350 g/mol. The number of nitrogens with zero attached hydrogens (tertiary/aromatic N) is 4. The number of rotatable bonds is 4. The van der Waals surface area contributed by atoms with Crippen molar-refractivity contribution in [1.82, 2.24) is 9.88 Å². The summed E-state index contributed by atoms with van der Waals surface area (Å²) in [6.45, 7) is 2.64. The van der Waals surface area contributed by atoms with E-state index in [1.165, 1.54) is 0 Å². The number of hydrogen-bond donors (Lipinski definition) is 0. The molecule has 26 heavy (non-hydrogen) atoms. The Balaban J connectivity index is 1.72. The van der Waals surface area contributed by atoms with Gasteiger partial charge in [-0.25, -0.2) is 4.98 Å². The number of anilines is 1. The molecule has 0 unspecified atom stereocenters. The van der Waals surface area contributed by atoms with Crippen LogP contribution in [0.15, 0.2) is 48.7 Å². The fourth-order valence-electron chi connectivity index (χ4n) is 3.26. The van der Waals surface area contributed by atoms with Crippen molar-refractivity contribution in [2.75, 3.05) is 38.2 Å². The summed E-state index contributed by atoms with van der Waals surface area (Å²) in [4.78, 5) is 21.2. The Hall–Kier alpha value is -2.91. The molecule has 1 amide bonds. The molecule has 0 aliphatic carbocycles. The van der Waals surface area contributed by atoms with Gasteiger partial charge in [-0.2, -0.15) is 5.26 Å². The molecular weight excluding hydrogens is 328 g/mol. The van der Waals surface area contributed by atoms with Crippen molar-refractivity contribution >= 4 is 11.7 Å². The summed E-state index contributed by atoms with van der Waals surface area (Å²) >= 11 is 0. The molecule has 0 bridgehead atoms. The van der Waals surface area contributed by atoms with Crippen LogP contribution in [-0.2, 0) is 9.53 Å². The third kappa shape index (κ3) is 3.84. The van der Waals surface area contributed by atoms with Crippen LogP contribution in [0.2, 0.25) is 0 Å². The number of hydrogen-bond acceptors (Lipinski definition) is 5. The fraction of sp³-hybridized carbons (Fsp3) is 0.350. The highest BCUT2D eigenvalue weighted by Gasteiger charge is 2.28. The van der Waals surface area contributed by atoms with E-state index in [1.54, 1.807) is 25.4 Å². The molecule has 2 heterocycles. The smallest absolute Gasteiger partial charge is 0.256 e. The lowest BCUT2D eigenvalue weighted by Crippen LogP contribution is -2.39. The van der Waals surface area contributed by atoms with E-state index >= 15 is 0 Å². The van der Waals surface area contributed by atoms with Crippen molar-refractivity contribution in [2.45, 2.75) is 12.5 Å². The number of carbonyl (C=O) groups excluding carboxylic acids is 1. The lowest BCUT2D eigenvalue weighted by atomic mass is 10.1. The number of benzene rings is 1. The zero-order valence-corrected chi connectivity index (χ0v) is 14.8. The molecule has 1 atom stereocenters. The standard InChI is InChI=1S/C20H22N4O2/c1-26-18(16-7-3-2-4-8-16)20(25)24-12-6-11-23(13-14-24)19-17(15-21)9-5-10-22-19/h2-5,7-10,18H,6,11-14H2,1H3/t18-/m1/s1. The molecule has 1 aliphatic rings. The molecule has 0 saturated carbocycles. The summed E-state index contributed by atoms with van der Waals surface area (Å²) in [5, 5.41) is 9.29. The summed E-state index contributed by atoms with van der Waals surface area (Å²) in [6.07, 6.45) is 1.92. The molecule has 0 spiro atoms. The molecule has 0 N–H and O–H groups in total. The topological polar surface area (TPSA) is 69.5 Å². The van der Waals surface area contributed by atoms with Gasteiger partial charge in [0.25, 0.3) is 5.91 Å². The predicted octanol–water partition coefficient (Wildman–Crippen LogP) is 2.38. The van der Waals surface area contributed by atoms with E-state index in [4.69, 9.17) is 4.74 Å². The van der Waals surface area contributed by atoms with Crippen LogP contribution in [0.3, 0.4) is 0 Å². The van der Waals surface area contributed by atoms with E-state index < -0.39 is 6.10 Å². The molecule has 134 valence electrons. The second-order valence-corrected chi connectivity index (χ2v) is 6.18. The first kappa shape index (κ1) is 17.9. The molecule has 1 saturated heterocycles. The average molecular weight is 350 g/mol. The van der Waals surface area contributed by atoms with Gasteiger partial charge < -0.3 is 14.5 Å². The minimum absolute atomic E-state index is 0.0259. The first-order valence-electron chi connectivity index (χ1n) is 8.71. The summed E-state index contributed by atoms with van der Waals surface area (Å²) in [5.74, 6) is 0.665. The molecule has 1 aromatic heterocycles. The largest absolute Gasteiger partial charge is 0.367 e. The fourth-order valence-corrected chi connectivity index (χ4v) is 3.26. The van der Waals surface area contributed by atoms with Gasteiger partial charge >= 0.3 is 0 Å². The van der Waals surface area contributed by atoms with Crippen LogP contribution in [0.25, 0.3) is 0 Å². The summed E-state index contributed by atoms with van der Waals surface area (Å²) in [5.41, 5.74) is 1.42. The Labute approximate surface area is 153 Å². The molecule has 2 aromatic rings. The second kappa shape index (κ2) is 8.45. The molecule has 0 radical (unpaired) electrons. The lowest BCUT2D eigenvalue weighted by molar-refractivity contribution is -0.142. The quantitative estimate of drug-likeness (QED) is 0.847. The number of nitriles is 1. The molecule has 1 fully saturated rings. The third-order valence-electron chi connectivity index (χ3n) is 4.58. The number of carbonyl (C=O) groups is 1. The van der Waals surface area contributed by atoms with Gasteiger partial charge in [-0.1, -0.05) is 30.3 Å². The molecular formula is C20H22N4O2. The first-order valence-corrected chi connectivity index (χ1v) is 8.71. The zero-order valence-electron chi connectivity index (χ0n) is 14.8. The van der Waals surface area contributed by atoms with Crippen LogP contribution in [0.5, 0.6) is 0 Å².